The molecule has 0 unspecified atom stereocenters. The highest BCUT2D eigenvalue weighted by atomic mass is 16.5. The number of nitrogens with zero attached hydrogens (tertiary/aromatic N) is 3. The molecule has 0 radical (unpaired) electrons. The molecular formula is C11H15N5O. The number of aryl methyl sites for hydroxylation is 1. The van der Waals surface area contributed by atoms with E-state index in [1.165, 1.54) is 0 Å². The molecule has 0 bridgehead atoms. The Bertz CT molecular complexity index is 508. The van der Waals surface area contributed by atoms with E-state index in [1.54, 1.807) is 19.4 Å². The minimum Gasteiger partial charge on any atom is -0.481 e. The van der Waals surface area contributed by atoms with Crippen LogP contribution in [0.5, 0.6) is 5.88 Å². The third kappa shape index (κ3) is 2.52. The molecule has 2 aromatic heterocycles. The lowest BCUT2D eigenvalue weighted by atomic mass is 10.2. The van der Waals surface area contributed by atoms with Gasteiger partial charge in [0.15, 0.2) is 0 Å². The average Bonchev–Trinajstić information content (AvgIpc) is 2.68. The van der Waals surface area contributed by atoms with E-state index in [0.717, 1.165) is 17.0 Å². The summed E-state index contributed by atoms with van der Waals surface area (Å²) in [5, 5.41) is 10.2. The van der Waals surface area contributed by atoms with Crippen molar-refractivity contribution in [1.29, 1.82) is 0 Å². The van der Waals surface area contributed by atoms with Gasteiger partial charge in [-0.3, -0.25) is 5.10 Å². The predicted molar refractivity (Wildman–Crippen MR) is 64.0 cm³/mol. The highest BCUT2D eigenvalue weighted by Crippen LogP contribution is 2.11. The van der Waals surface area contributed by atoms with Crippen molar-refractivity contribution >= 4 is 5.95 Å². The molecule has 2 N–H and O–H groups in total. The molecule has 2 aromatic rings. The van der Waals surface area contributed by atoms with E-state index in [-0.39, 0.29) is 0 Å². The second kappa shape index (κ2) is 4.82. The minimum atomic E-state index is 0.532. The van der Waals surface area contributed by atoms with Crippen LogP contribution in [0.4, 0.5) is 5.95 Å². The molecule has 2 heterocycles. The van der Waals surface area contributed by atoms with Crippen molar-refractivity contribution in [2.45, 2.75) is 20.4 Å². The number of hydrogen-bond acceptors (Lipinski definition) is 5. The molecule has 0 aliphatic rings. The zero-order valence-corrected chi connectivity index (χ0v) is 10.1. The Balaban J connectivity index is 2.04. The first-order chi connectivity index (χ1) is 8.20. The number of nitrogens with one attached hydrogen (secondary N) is 2. The normalized spacial score (nSPS) is 10.3. The summed E-state index contributed by atoms with van der Waals surface area (Å²) >= 11 is 0. The maximum absolute atomic E-state index is 5.02. The van der Waals surface area contributed by atoms with Crippen molar-refractivity contribution in [1.82, 2.24) is 20.2 Å². The number of H-pyrrole nitrogens is 1. The summed E-state index contributed by atoms with van der Waals surface area (Å²) in [6, 6.07) is 1.70. The van der Waals surface area contributed by atoms with E-state index in [9.17, 15) is 0 Å². The van der Waals surface area contributed by atoms with Gasteiger partial charge < -0.3 is 10.1 Å². The van der Waals surface area contributed by atoms with Crippen LogP contribution in [-0.4, -0.2) is 27.3 Å². The zero-order chi connectivity index (χ0) is 12.3. The third-order valence-electron chi connectivity index (χ3n) is 2.61. The van der Waals surface area contributed by atoms with E-state index in [0.29, 0.717) is 18.4 Å². The van der Waals surface area contributed by atoms with Crippen molar-refractivity contribution in [3.8, 4) is 5.88 Å². The molecule has 0 aliphatic heterocycles. The molecule has 90 valence electrons. The first-order valence-electron chi connectivity index (χ1n) is 5.32. The van der Waals surface area contributed by atoms with E-state index >= 15 is 0 Å². The van der Waals surface area contributed by atoms with Gasteiger partial charge in [-0.15, -0.1) is 0 Å². The summed E-state index contributed by atoms with van der Waals surface area (Å²) in [6.45, 7) is 4.61. The number of methoxy groups -OCH3 is 1. The van der Waals surface area contributed by atoms with Gasteiger partial charge in [-0.05, 0) is 19.4 Å². The molecule has 0 aliphatic carbocycles. The first-order valence-corrected chi connectivity index (χ1v) is 5.32. The molecule has 0 fully saturated rings. The lowest BCUT2D eigenvalue weighted by Gasteiger charge is -2.04. The number of aromatic amines is 1. The molecule has 0 amide bonds. The van der Waals surface area contributed by atoms with Crippen LogP contribution >= 0.6 is 0 Å². The second-order valence-corrected chi connectivity index (χ2v) is 3.70. The summed E-state index contributed by atoms with van der Waals surface area (Å²) < 4.78 is 5.02. The summed E-state index contributed by atoms with van der Waals surface area (Å²) in [6.07, 6.45) is 1.65. The van der Waals surface area contributed by atoms with Gasteiger partial charge >= 0.3 is 0 Å². The predicted octanol–water partition coefficient (Wildman–Crippen LogP) is 1.44. The average molecular weight is 233 g/mol. The van der Waals surface area contributed by atoms with E-state index in [4.69, 9.17) is 4.74 Å². The topological polar surface area (TPSA) is 75.7 Å². The van der Waals surface area contributed by atoms with Crippen LogP contribution in [0, 0.1) is 13.8 Å². The van der Waals surface area contributed by atoms with E-state index in [1.807, 2.05) is 13.8 Å². The molecular weight excluding hydrogens is 218 g/mol. The standard InChI is InChI=1S/C11H15N5O/c1-7-8(2)15-16-9(7)6-13-11-12-5-4-10(14-11)17-3/h4-5H,6H2,1-3H3,(H,15,16)(H,12,13,14). The maximum Gasteiger partial charge on any atom is 0.226 e. The Morgan fingerprint density at radius 2 is 2.24 bits per heavy atom. The molecule has 2 rings (SSSR count). The lowest BCUT2D eigenvalue weighted by molar-refractivity contribution is 0.397. The lowest BCUT2D eigenvalue weighted by Crippen LogP contribution is -2.05. The van der Waals surface area contributed by atoms with Crippen LogP contribution in [0.25, 0.3) is 0 Å². The van der Waals surface area contributed by atoms with Crippen LogP contribution in [0.1, 0.15) is 17.0 Å². The van der Waals surface area contributed by atoms with E-state index < -0.39 is 0 Å². The van der Waals surface area contributed by atoms with Gasteiger partial charge in [0.2, 0.25) is 11.8 Å². The van der Waals surface area contributed by atoms with E-state index in [2.05, 4.69) is 25.5 Å². The van der Waals surface area contributed by atoms with Gasteiger partial charge in [0.05, 0.1) is 19.3 Å². The zero-order valence-electron chi connectivity index (χ0n) is 10.1. The molecule has 6 nitrogen and oxygen atoms in total. The van der Waals surface area contributed by atoms with Crippen LogP contribution in [0.15, 0.2) is 12.3 Å². The summed E-state index contributed by atoms with van der Waals surface area (Å²) in [4.78, 5) is 8.26. The SMILES string of the molecule is COc1ccnc(NCc2n[nH]c(C)c2C)n1. The minimum absolute atomic E-state index is 0.532. The molecule has 6 heteroatoms. The van der Waals surface area contributed by atoms with Crippen molar-refractivity contribution in [2.75, 3.05) is 12.4 Å². The van der Waals surface area contributed by atoms with Crippen LogP contribution in [-0.2, 0) is 6.54 Å². The fourth-order valence-corrected chi connectivity index (χ4v) is 1.41. The van der Waals surface area contributed by atoms with Crippen LogP contribution < -0.4 is 10.1 Å². The third-order valence-corrected chi connectivity index (χ3v) is 2.61. The molecule has 0 saturated carbocycles. The highest BCUT2D eigenvalue weighted by Gasteiger charge is 2.06. The van der Waals surface area contributed by atoms with Gasteiger partial charge in [-0.25, -0.2) is 4.98 Å². The van der Waals surface area contributed by atoms with Crippen LogP contribution in [0.2, 0.25) is 0 Å². The number of hydrogen-bond donors (Lipinski definition) is 2. The fourth-order valence-electron chi connectivity index (χ4n) is 1.41. The van der Waals surface area contributed by atoms with Crippen molar-refractivity contribution in [3.63, 3.8) is 0 Å². The molecule has 0 saturated heterocycles. The maximum atomic E-state index is 5.02. The number of anilines is 1. The Kier molecular flexibility index (Phi) is 3.22. The van der Waals surface area contributed by atoms with Gasteiger partial charge in [-0.2, -0.15) is 10.1 Å². The Morgan fingerprint density at radius 3 is 2.88 bits per heavy atom. The first kappa shape index (κ1) is 11.4. The fraction of sp³-hybridized carbons (Fsp3) is 0.364. The number of ether oxygens (including phenoxy) is 1. The summed E-state index contributed by atoms with van der Waals surface area (Å²) in [7, 11) is 1.58. The molecule has 0 atom stereocenters. The van der Waals surface area contributed by atoms with Gasteiger partial charge in [-0.1, -0.05) is 0 Å². The largest absolute Gasteiger partial charge is 0.481 e. The molecule has 0 aromatic carbocycles. The van der Waals surface area contributed by atoms with Crippen molar-refractivity contribution < 1.29 is 4.74 Å². The van der Waals surface area contributed by atoms with Crippen LogP contribution in [0.3, 0.4) is 0 Å². The molecule has 17 heavy (non-hydrogen) atoms. The number of aromatic nitrogens is 4. The summed E-state index contributed by atoms with van der Waals surface area (Å²) in [5.74, 6) is 1.07. The van der Waals surface area contributed by atoms with Crippen molar-refractivity contribution in [3.05, 3.63) is 29.2 Å². The van der Waals surface area contributed by atoms with Gasteiger partial charge in [0, 0.05) is 18.0 Å². The van der Waals surface area contributed by atoms with Gasteiger partial charge in [0.25, 0.3) is 0 Å². The number of rotatable bonds is 4. The Labute approximate surface area is 99.4 Å². The van der Waals surface area contributed by atoms with Gasteiger partial charge in [0.1, 0.15) is 0 Å². The highest BCUT2D eigenvalue weighted by molar-refractivity contribution is 5.31. The Morgan fingerprint density at radius 1 is 1.41 bits per heavy atom. The second-order valence-electron chi connectivity index (χ2n) is 3.70. The Hall–Kier alpha value is -2.11. The smallest absolute Gasteiger partial charge is 0.226 e. The monoisotopic (exact) mass is 233 g/mol. The molecule has 0 spiro atoms. The van der Waals surface area contributed by atoms with Crippen molar-refractivity contribution in [2.24, 2.45) is 0 Å². The quantitative estimate of drug-likeness (QED) is 0.835. The summed E-state index contributed by atoms with van der Waals surface area (Å²) in [5.41, 5.74) is 3.20.